The first-order valence-corrected chi connectivity index (χ1v) is 11.5. The van der Waals surface area contributed by atoms with Crippen molar-refractivity contribution in [1.29, 1.82) is 0 Å². The monoisotopic (exact) mass is 472 g/mol. The van der Waals surface area contributed by atoms with E-state index < -0.39 is 29.6 Å². The maximum absolute atomic E-state index is 12.6. The van der Waals surface area contributed by atoms with Crippen LogP contribution in [0, 0.1) is 0 Å². The van der Waals surface area contributed by atoms with Crippen LogP contribution in [0.3, 0.4) is 0 Å². The molecule has 3 N–H and O–H groups in total. The molecule has 0 saturated carbocycles. The molecule has 0 fully saturated rings. The average molecular weight is 473 g/mol. The van der Waals surface area contributed by atoms with E-state index in [2.05, 4.69) is 22.8 Å². The van der Waals surface area contributed by atoms with Gasteiger partial charge in [0.05, 0.1) is 0 Å². The minimum atomic E-state index is -1.17. The van der Waals surface area contributed by atoms with E-state index in [0.717, 1.165) is 22.3 Å². The third kappa shape index (κ3) is 5.51. The summed E-state index contributed by atoms with van der Waals surface area (Å²) in [7, 11) is 0. The van der Waals surface area contributed by atoms with Gasteiger partial charge in [-0.1, -0.05) is 78.9 Å². The Kier molecular flexibility index (Phi) is 6.87. The lowest BCUT2D eigenvalue weighted by molar-refractivity contribution is -0.142. The minimum absolute atomic E-state index is 0.0678. The summed E-state index contributed by atoms with van der Waals surface area (Å²) in [5.74, 6) is -1.72. The normalized spacial score (nSPS) is 13.3. The number of carboxylic acid groups (broad SMARTS) is 1. The zero-order valence-corrected chi connectivity index (χ0v) is 19.7. The van der Waals surface area contributed by atoms with Crippen LogP contribution < -0.4 is 10.6 Å². The number of fused-ring (bicyclic) bond motifs is 3. The SMILES string of the molecule is CC(C)(CC(=O)N[C@H](C(=O)O)c1ccccc1)NC(=O)OCC1c2ccccc2-c2ccccc21. The predicted molar refractivity (Wildman–Crippen MR) is 132 cm³/mol. The van der Waals surface area contributed by atoms with E-state index in [4.69, 9.17) is 4.74 Å². The summed E-state index contributed by atoms with van der Waals surface area (Å²) in [5.41, 5.74) is 4.02. The van der Waals surface area contributed by atoms with Gasteiger partial charge in [0.2, 0.25) is 5.91 Å². The fraction of sp³-hybridized carbons (Fsp3) is 0.250. The van der Waals surface area contributed by atoms with E-state index in [9.17, 15) is 19.5 Å². The van der Waals surface area contributed by atoms with E-state index in [-0.39, 0.29) is 18.9 Å². The summed E-state index contributed by atoms with van der Waals surface area (Å²) >= 11 is 0. The number of ether oxygens (including phenoxy) is 1. The Morgan fingerprint density at radius 2 is 1.43 bits per heavy atom. The molecule has 7 heteroatoms. The molecule has 0 bridgehead atoms. The van der Waals surface area contributed by atoms with Gasteiger partial charge in [0.25, 0.3) is 0 Å². The maximum Gasteiger partial charge on any atom is 0.407 e. The summed E-state index contributed by atoms with van der Waals surface area (Å²) in [6.07, 6.45) is -0.754. The van der Waals surface area contributed by atoms with E-state index in [1.165, 1.54) is 0 Å². The van der Waals surface area contributed by atoms with Gasteiger partial charge < -0.3 is 20.5 Å². The molecule has 2 amide bonds. The first-order chi connectivity index (χ1) is 16.7. The molecular formula is C28H28N2O5. The number of hydrogen-bond acceptors (Lipinski definition) is 4. The summed E-state index contributed by atoms with van der Waals surface area (Å²) in [6.45, 7) is 3.54. The highest BCUT2D eigenvalue weighted by Crippen LogP contribution is 2.44. The second-order valence-corrected chi connectivity index (χ2v) is 9.26. The molecule has 0 spiro atoms. The summed E-state index contributed by atoms with van der Waals surface area (Å²) in [5, 5.41) is 14.8. The van der Waals surface area contributed by atoms with Crippen LogP contribution in [0.1, 0.15) is 48.9 Å². The van der Waals surface area contributed by atoms with Crippen molar-refractivity contribution in [2.24, 2.45) is 0 Å². The van der Waals surface area contributed by atoms with Crippen molar-refractivity contribution >= 4 is 18.0 Å². The lowest BCUT2D eigenvalue weighted by Gasteiger charge is -2.26. The third-order valence-electron chi connectivity index (χ3n) is 6.07. The Bertz CT molecular complexity index is 1190. The van der Waals surface area contributed by atoms with Crippen LogP contribution in [-0.2, 0) is 14.3 Å². The van der Waals surface area contributed by atoms with E-state index in [1.54, 1.807) is 44.2 Å². The molecule has 0 radical (unpaired) electrons. The smallest absolute Gasteiger partial charge is 0.407 e. The maximum atomic E-state index is 12.6. The van der Waals surface area contributed by atoms with Crippen LogP contribution in [0.4, 0.5) is 4.79 Å². The Morgan fingerprint density at radius 3 is 2.00 bits per heavy atom. The number of alkyl carbamates (subject to hydrolysis) is 1. The number of rotatable bonds is 8. The van der Waals surface area contributed by atoms with Gasteiger partial charge in [0.1, 0.15) is 6.61 Å². The number of carbonyl (C=O) groups is 3. The molecule has 0 unspecified atom stereocenters. The van der Waals surface area contributed by atoms with E-state index >= 15 is 0 Å². The summed E-state index contributed by atoms with van der Waals surface area (Å²) < 4.78 is 5.57. The molecule has 0 saturated heterocycles. The van der Waals surface area contributed by atoms with Crippen LogP contribution >= 0.6 is 0 Å². The molecule has 1 aliphatic rings. The van der Waals surface area contributed by atoms with Crippen LogP contribution in [0.25, 0.3) is 11.1 Å². The van der Waals surface area contributed by atoms with Crippen LogP contribution in [-0.4, -0.2) is 35.2 Å². The number of benzene rings is 3. The zero-order chi connectivity index (χ0) is 25.0. The molecule has 0 aliphatic heterocycles. The number of carboxylic acids is 1. The number of aliphatic carboxylic acids is 1. The van der Waals surface area contributed by atoms with Crippen LogP contribution in [0.2, 0.25) is 0 Å². The molecule has 3 aromatic rings. The molecule has 1 aliphatic carbocycles. The van der Waals surface area contributed by atoms with E-state index in [1.807, 2.05) is 36.4 Å². The van der Waals surface area contributed by atoms with Gasteiger partial charge in [0.15, 0.2) is 6.04 Å². The Morgan fingerprint density at radius 1 is 0.886 bits per heavy atom. The third-order valence-corrected chi connectivity index (χ3v) is 6.07. The van der Waals surface area contributed by atoms with Crippen LogP contribution in [0.5, 0.6) is 0 Å². The molecule has 1 atom stereocenters. The number of hydrogen-bond donors (Lipinski definition) is 3. The van der Waals surface area contributed by atoms with Crippen molar-refractivity contribution in [2.45, 2.75) is 37.8 Å². The average Bonchev–Trinajstić information content (AvgIpc) is 3.14. The van der Waals surface area contributed by atoms with Crippen molar-refractivity contribution < 1.29 is 24.2 Å². The standard InChI is InChI=1S/C28H28N2O5/c1-28(2,16-24(31)29-25(26(32)33)18-10-4-3-5-11-18)30-27(34)35-17-23-21-14-8-6-12-19(21)20-13-7-9-15-22(20)23/h3-15,23,25H,16-17H2,1-2H3,(H,29,31)(H,30,34)(H,32,33)/t25-/m0/s1. The molecular weight excluding hydrogens is 444 g/mol. The highest BCUT2D eigenvalue weighted by Gasteiger charge is 2.31. The van der Waals surface area contributed by atoms with Crippen molar-refractivity contribution in [3.8, 4) is 11.1 Å². The highest BCUT2D eigenvalue weighted by molar-refractivity contribution is 5.85. The Hall–Kier alpha value is -4.13. The molecule has 4 rings (SSSR count). The zero-order valence-electron chi connectivity index (χ0n) is 19.7. The lowest BCUT2D eigenvalue weighted by Crippen LogP contribution is -2.48. The van der Waals surface area contributed by atoms with Gasteiger partial charge in [0, 0.05) is 17.9 Å². The second kappa shape index (κ2) is 10.0. The van der Waals surface area contributed by atoms with Crippen molar-refractivity contribution in [3.05, 3.63) is 95.6 Å². The predicted octanol–water partition coefficient (Wildman–Crippen LogP) is 4.64. The lowest BCUT2D eigenvalue weighted by atomic mass is 9.98. The molecule has 0 aromatic heterocycles. The quantitative estimate of drug-likeness (QED) is 0.443. The Balaban J connectivity index is 1.35. The molecule has 35 heavy (non-hydrogen) atoms. The minimum Gasteiger partial charge on any atom is -0.479 e. The van der Waals surface area contributed by atoms with Crippen molar-refractivity contribution in [2.75, 3.05) is 6.61 Å². The Labute approximate surface area is 204 Å². The van der Waals surface area contributed by atoms with Crippen LogP contribution in [0.15, 0.2) is 78.9 Å². The summed E-state index contributed by atoms with van der Waals surface area (Å²) in [4.78, 5) is 36.9. The van der Waals surface area contributed by atoms with Gasteiger partial charge in [-0.15, -0.1) is 0 Å². The molecule has 3 aromatic carbocycles. The van der Waals surface area contributed by atoms with Gasteiger partial charge >= 0.3 is 12.1 Å². The van der Waals surface area contributed by atoms with Crippen molar-refractivity contribution in [3.63, 3.8) is 0 Å². The molecule has 180 valence electrons. The second-order valence-electron chi connectivity index (χ2n) is 9.26. The van der Waals surface area contributed by atoms with Gasteiger partial charge in [-0.3, -0.25) is 4.79 Å². The topological polar surface area (TPSA) is 105 Å². The fourth-order valence-electron chi connectivity index (χ4n) is 4.50. The molecule has 0 heterocycles. The fourth-order valence-corrected chi connectivity index (χ4v) is 4.50. The number of carbonyl (C=O) groups excluding carboxylic acids is 2. The number of amides is 2. The molecule has 7 nitrogen and oxygen atoms in total. The van der Waals surface area contributed by atoms with Gasteiger partial charge in [-0.25, -0.2) is 9.59 Å². The van der Waals surface area contributed by atoms with E-state index in [0.29, 0.717) is 5.56 Å². The van der Waals surface area contributed by atoms with Gasteiger partial charge in [-0.05, 0) is 41.7 Å². The highest BCUT2D eigenvalue weighted by atomic mass is 16.5. The largest absolute Gasteiger partial charge is 0.479 e. The van der Waals surface area contributed by atoms with Gasteiger partial charge in [-0.2, -0.15) is 0 Å². The summed E-state index contributed by atoms with van der Waals surface area (Å²) in [6, 6.07) is 23.4. The number of nitrogens with one attached hydrogen (secondary N) is 2. The first kappa shape index (κ1) is 24.0. The van der Waals surface area contributed by atoms with Crippen molar-refractivity contribution in [1.82, 2.24) is 10.6 Å². The first-order valence-electron chi connectivity index (χ1n) is 11.5.